The third-order valence-electron chi connectivity index (χ3n) is 5.41. The summed E-state index contributed by atoms with van der Waals surface area (Å²) in [5, 5.41) is 13.3. The van der Waals surface area contributed by atoms with Crippen molar-refractivity contribution in [3.8, 4) is 0 Å². The molecule has 27 heavy (non-hydrogen) atoms. The number of aryl methyl sites for hydroxylation is 2. The van der Waals surface area contributed by atoms with Crippen LogP contribution in [0.1, 0.15) is 69.6 Å². The SMILES string of the molecule is CC(C)C[C@H](Nc1nc(C2CCCC2)nc2c1cnn2C)c1ncnn1C. The highest BCUT2D eigenvalue weighted by molar-refractivity contribution is 5.86. The van der Waals surface area contributed by atoms with Crippen LogP contribution in [-0.4, -0.2) is 34.5 Å². The topological polar surface area (TPSA) is 86.3 Å². The number of hydrogen-bond acceptors (Lipinski definition) is 6. The van der Waals surface area contributed by atoms with E-state index in [1.807, 2.05) is 29.7 Å². The lowest BCUT2D eigenvalue weighted by atomic mass is 10.0. The highest BCUT2D eigenvalue weighted by Crippen LogP contribution is 2.35. The standard InChI is InChI=1S/C19H28N8/c1-12(2)9-15(19-20-11-22-27(19)4)23-17-14-10-21-26(3)18(14)25-16(24-17)13-7-5-6-8-13/h10-13,15H,5-9H2,1-4H3,(H,23,24,25)/t15-/m0/s1. The molecule has 3 aromatic rings. The van der Waals surface area contributed by atoms with Crippen LogP contribution in [0, 0.1) is 5.92 Å². The molecule has 144 valence electrons. The molecular formula is C19H28N8. The van der Waals surface area contributed by atoms with Gasteiger partial charge < -0.3 is 5.32 Å². The van der Waals surface area contributed by atoms with E-state index in [1.54, 1.807) is 6.33 Å². The first-order valence-electron chi connectivity index (χ1n) is 9.83. The van der Waals surface area contributed by atoms with Crippen LogP contribution in [0.15, 0.2) is 12.5 Å². The molecule has 1 saturated carbocycles. The van der Waals surface area contributed by atoms with Crippen LogP contribution in [-0.2, 0) is 14.1 Å². The molecule has 0 aromatic carbocycles. The zero-order valence-corrected chi connectivity index (χ0v) is 16.6. The summed E-state index contributed by atoms with van der Waals surface area (Å²) in [7, 11) is 3.87. The summed E-state index contributed by atoms with van der Waals surface area (Å²) in [4.78, 5) is 14.3. The molecule has 0 saturated heterocycles. The van der Waals surface area contributed by atoms with Crippen LogP contribution in [0.5, 0.6) is 0 Å². The van der Waals surface area contributed by atoms with Crippen LogP contribution >= 0.6 is 0 Å². The minimum atomic E-state index is 0.0345. The quantitative estimate of drug-likeness (QED) is 0.718. The van der Waals surface area contributed by atoms with Crippen molar-refractivity contribution in [1.82, 2.24) is 34.5 Å². The Morgan fingerprint density at radius 1 is 1.11 bits per heavy atom. The summed E-state index contributed by atoms with van der Waals surface area (Å²) >= 11 is 0. The Bertz CT molecular complexity index is 919. The van der Waals surface area contributed by atoms with Gasteiger partial charge in [0.05, 0.1) is 17.6 Å². The molecule has 0 aliphatic heterocycles. The van der Waals surface area contributed by atoms with Gasteiger partial charge in [0.1, 0.15) is 23.8 Å². The normalized spacial score (nSPS) is 16.5. The van der Waals surface area contributed by atoms with Gasteiger partial charge in [0, 0.05) is 20.0 Å². The summed E-state index contributed by atoms with van der Waals surface area (Å²) in [5.74, 6) is 3.67. The molecule has 0 amide bonds. The van der Waals surface area contributed by atoms with Gasteiger partial charge in [0.15, 0.2) is 5.65 Å². The summed E-state index contributed by atoms with van der Waals surface area (Å²) in [5.41, 5.74) is 0.885. The zero-order valence-electron chi connectivity index (χ0n) is 16.6. The molecule has 4 rings (SSSR count). The monoisotopic (exact) mass is 368 g/mol. The number of rotatable bonds is 6. The van der Waals surface area contributed by atoms with Gasteiger partial charge in [0.2, 0.25) is 0 Å². The van der Waals surface area contributed by atoms with Crippen LogP contribution < -0.4 is 5.32 Å². The molecule has 0 bridgehead atoms. The van der Waals surface area contributed by atoms with E-state index < -0.39 is 0 Å². The molecule has 1 atom stereocenters. The summed E-state index contributed by atoms with van der Waals surface area (Å²) in [6.45, 7) is 4.43. The summed E-state index contributed by atoms with van der Waals surface area (Å²) in [6, 6.07) is 0.0345. The van der Waals surface area contributed by atoms with Gasteiger partial charge in [-0.15, -0.1) is 0 Å². The van der Waals surface area contributed by atoms with Crippen molar-refractivity contribution in [3.05, 3.63) is 24.2 Å². The molecule has 1 N–H and O–H groups in total. The lowest BCUT2D eigenvalue weighted by Crippen LogP contribution is -2.19. The van der Waals surface area contributed by atoms with Crippen LogP contribution in [0.3, 0.4) is 0 Å². The average molecular weight is 368 g/mol. The van der Waals surface area contributed by atoms with Crippen molar-refractivity contribution in [1.29, 1.82) is 0 Å². The Balaban J connectivity index is 1.75. The number of nitrogens with one attached hydrogen (secondary N) is 1. The number of aromatic nitrogens is 7. The molecule has 3 aromatic heterocycles. The van der Waals surface area contributed by atoms with E-state index >= 15 is 0 Å². The van der Waals surface area contributed by atoms with E-state index in [-0.39, 0.29) is 6.04 Å². The lowest BCUT2D eigenvalue weighted by molar-refractivity contribution is 0.497. The van der Waals surface area contributed by atoms with E-state index in [0.29, 0.717) is 11.8 Å². The molecule has 1 fully saturated rings. The second-order valence-electron chi connectivity index (χ2n) is 7.99. The maximum atomic E-state index is 4.95. The summed E-state index contributed by atoms with van der Waals surface area (Å²) < 4.78 is 3.67. The molecule has 0 spiro atoms. The third kappa shape index (κ3) is 3.52. The van der Waals surface area contributed by atoms with E-state index in [0.717, 1.165) is 34.9 Å². The first kappa shape index (κ1) is 17.9. The van der Waals surface area contributed by atoms with Crippen molar-refractivity contribution >= 4 is 16.9 Å². The molecule has 3 heterocycles. The molecule has 0 unspecified atom stereocenters. The Kier molecular flexibility index (Phi) is 4.80. The average Bonchev–Trinajstić information content (AvgIpc) is 3.36. The fourth-order valence-corrected chi connectivity index (χ4v) is 4.00. The van der Waals surface area contributed by atoms with Gasteiger partial charge in [-0.05, 0) is 25.2 Å². The molecule has 0 radical (unpaired) electrons. The highest BCUT2D eigenvalue weighted by Gasteiger charge is 2.25. The van der Waals surface area contributed by atoms with Gasteiger partial charge in [-0.3, -0.25) is 9.36 Å². The Morgan fingerprint density at radius 3 is 2.56 bits per heavy atom. The van der Waals surface area contributed by atoms with Gasteiger partial charge in [-0.25, -0.2) is 15.0 Å². The first-order valence-corrected chi connectivity index (χ1v) is 9.83. The highest BCUT2D eigenvalue weighted by atomic mass is 15.3. The van der Waals surface area contributed by atoms with Gasteiger partial charge in [0.25, 0.3) is 0 Å². The van der Waals surface area contributed by atoms with Gasteiger partial charge >= 0.3 is 0 Å². The fourth-order valence-electron chi connectivity index (χ4n) is 4.00. The van der Waals surface area contributed by atoms with Crippen molar-refractivity contribution in [2.24, 2.45) is 20.0 Å². The van der Waals surface area contributed by atoms with Gasteiger partial charge in [-0.1, -0.05) is 26.7 Å². The second kappa shape index (κ2) is 7.25. The second-order valence-corrected chi connectivity index (χ2v) is 7.99. The molecule has 1 aliphatic carbocycles. The number of hydrogen-bond donors (Lipinski definition) is 1. The Labute approximate surface area is 159 Å². The maximum absolute atomic E-state index is 4.95. The fraction of sp³-hybridized carbons (Fsp3) is 0.632. The summed E-state index contributed by atoms with van der Waals surface area (Å²) in [6.07, 6.45) is 9.25. The van der Waals surface area contributed by atoms with Crippen LogP contribution in [0.2, 0.25) is 0 Å². The van der Waals surface area contributed by atoms with Crippen LogP contribution in [0.25, 0.3) is 11.0 Å². The Hall–Kier alpha value is -2.51. The van der Waals surface area contributed by atoms with Gasteiger partial charge in [-0.2, -0.15) is 10.2 Å². The van der Waals surface area contributed by atoms with Crippen molar-refractivity contribution in [2.75, 3.05) is 5.32 Å². The lowest BCUT2D eigenvalue weighted by Gasteiger charge is -2.21. The predicted molar refractivity (Wildman–Crippen MR) is 104 cm³/mol. The van der Waals surface area contributed by atoms with Crippen molar-refractivity contribution in [3.63, 3.8) is 0 Å². The van der Waals surface area contributed by atoms with E-state index in [9.17, 15) is 0 Å². The smallest absolute Gasteiger partial charge is 0.163 e. The van der Waals surface area contributed by atoms with E-state index in [2.05, 4.69) is 34.3 Å². The number of anilines is 1. The van der Waals surface area contributed by atoms with Crippen molar-refractivity contribution in [2.45, 2.75) is 57.9 Å². The largest absolute Gasteiger partial charge is 0.359 e. The first-order chi connectivity index (χ1) is 13.0. The van der Waals surface area contributed by atoms with E-state index in [4.69, 9.17) is 9.97 Å². The zero-order chi connectivity index (χ0) is 19.0. The number of nitrogens with zero attached hydrogens (tertiary/aromatic N) is 7. The maximum Gasteiger partial charge on any atom is 0.163 e. The minimum Gasteiger partial charge on any atom is -0.359 e. The molecule has 8 heteroatoms. The van der Waals surface area contributed by atoms with Crippen molar-refractivity contribution < 1.29 is 0 Å². The Morgan fingerprint density at radius 2 is 1.89 bits per heavy atom. The molecule has 1 aliphatic rings. The molecular weight excluding hydrogens is 340 g/mol. The third-order valence-corrected chi connectivity index (χ3v) is 5.41. The minimum absolute atomic E-state index is 0.0345. The van der Waals surface area contributed by atoms with Crippen LogP contribution in [0.4, 0.5) is 5.82 Å². The number of fused-ring (bicyclic) bond motifs is 1. The van der Waals surface area contributed by atoms with E-state index in [1.165, 1.54) is 25.7 Å². The molecule has 8 nitrogen and oxygen atoms in total. The predicted octanol–water partition coefficient (Wildman–Crippen LogP) is 3.35.